The number of ether oxygens (including phenoxy) is 2. The molecule has 0 aliphatic carbocycles. The zero-order valence-corrected chi connectivity index (χ0v) is 19.0. The summed E-state index contributed by atoms with van der Waals surface area (Å²) in [4.78, 5) is 29.2. The van der Waals surface area contributed by atoms with E-state index < -0.39 is 0 Å². The molecule has 0 saturated carbocycles. The number of methoxy groups -OCH3 is 1. The Morgan fingerprint density at radius 1 is 0.938 bits per heavy atom. The van der Waals surface area contributed by atoms with E-state index >= 15 is 0 Å². The highest BCUT2D eigenvalue weighted by atomic mass is 16.5. The molecule has 2 aromatic carbocycles. The van der Waals surface area contributed by atoms with E-state index in [1.165, 1.54) is 0 Å². The average Bonchev–Trinajstić information content (AvgIpc) is 3.09. The standard InChI is InChI=1S/C25H33N3O4/c1-3-4-18-32-23-10-6-20(7-11-23)25(30)26-19-24(29)28-15-5-14-27(16-17-28)21-8-12-22(31-2)13-9-21/h6-13H,3-5,14-19H2,1-2H3,(H,26,30). The van der Waals surface area contributed by atoms with Crippen molar-refractivity contribution in [3.05, 3.63) is 54.1 Å². The van der Waals surface area contributed by atoms with Crippen molar-refractivity contribution in [1.29, 1.82) is 0 Å². The normalized spacial score (nSPS) is 13.9. The van der Waals surface area contributed by atoms with Gasteiger partial charge in [-0.3, -0.25) is 9.59 Å². The molecule has 1 saturated heterocycles. The van der Waals surface area contributed by atoms with E-state index in [0.29, 0.717) is 25.3 Å². The molecule has 0 radical (unpaired) electrons. The Kier molecular flexibility index (Phi) is 8.78. The van der Waals surface area contributed by atoms with Gasteiger partial charge in [-0.1, -0.05) is 13.3 Å². The molecule has 1 aliphatic rings. The molecule has 1 aliphatic heterocycles. The van der Waals surface area contributed by atoms with Gasteiger partial charge in [0.05, 0.1) is 20.3 Å². The molecule has 32 heavy (non-hydrogen) atoms. The molecular formula is C25H33N3O4. The van der Waals surface area contributed by atoms with Crippen LogP contribution in [0.2, 0.25) is 0 Å². The van der Waals surface area contributed by atoms with Gasteiger partial charge in [0.15, 0.2) is 0 Å². The summed E-state index contributed by atoms with van der Waals surface area (Å²) < 4.78 is 10.8. The van der Waals surface area contributed by atoms with E-state index in [0.717, 1.165) is 49.5 Å². The highest BCUT2D eigenvalue weighted by molar-refractivity contribution is 5.96. The van der Waals surface area contributed by atoms with Crippen molar-refractivity contribution in [3.8, 4) is 11.5 Å². The number of amides is 2. The molecule has 1 heterocycles. The molecular weight excluding hydrogens is 406 g/mol. The summed E-state index contributed by atoms with van der Waals surface area (Å²) >= 11 is 0. The van der Waals surface area contributed by atoms with Crippen LogP contribution in [0.3, 0.4) is 0 Å². The second-order valence-electron chi connectivity index (χ2n) is 7.83. The zero-order valence-electron chi connectivity index (χ0n) is 19.0. The van der Waals surface area contributed by atoms with Crippen LogP contribution in [0.1, 0.15) is 36.5 Å². The first-order chi connectivity index (χ1) is 15.6. The molecule has 1 fully saturated rings. The van der Waals surface area contributed by atoms with Gasteiger partial charge >= 0.3 is 0 Å². The third-order valence-electron chi connectivity index (χ3n) is 5.57. The Labute approximate surface area is 190 Å². The number of hydrogen-bond donors (Lipinski definition) is 1. The number of benzene rings is 2. The largest absolute Gasteiger partial charge is 0.497 e. The Balaban J connectivity index is 1.45. The molecule has 0 bridgehead atoms. The topological polar surface area (TPSA) is 71.1 Å². The second-order valence-corrected chi connectivity index (χ2v) is 7.83. The summed E-state index contributed by atoms with van der Waals surface area (Å²) in [6.07, 6.45) is 2.95. The van der Waals surface area contributed by atoms with Crippen molar-refractivity contribution in [1.82, 2.24) is 10.2 Å². The lowest BCUT2D eigenvalue weighted by Crippen LogP contribution is -2.42. The minimum Gasteiger partial charge on any atom is -0.497 e. The Hall–Kier alpha value is -3.22. The van der Waals surface area contributed by atoms with Crippen LogP contribution in [-0.2, 0) is 4.79 Å². The summed E-state index contributed by atoms with van der Waals surface area (Å²) in [6.45, 7) is 5.73. The fraction of sp³-hybridized carbons (Fsp3) is 0.440. The molecule has 2 aromatic rings. The summed E-state index contributed by atoms with van der Waals surface area (Å²) in [5.41, 5.74) is 1.64. The third-order valence-corrected chi connectivity index (χ3v) is 5.57. The van der Waals surface area contributed by atoms with Gasteiger partial charge in [0.2, 0.25) is 5.91 Å². The first-order valence-corrected chi connectivity index (χ1v) is 11.3. The molecule has 7 nitrogen and oxygen atoms in total. The van der Waals surface area contributed by atoms with Gasteiger partial charge in [-0.05, 0) is 61.4 Å². The van der Waals surface area contributed by atoms with Gasteiger partial charge in [-0.2, -0.15) is 0 Å². The lowest BCUT2D eigenvalue weighted by Gasteiger charge is -2.24. The van der Waals surface area contributed by atoms with Gasteiger partial charge < -0.3 is 24.6 Å². The van der Waals surface area contributed by atoms with Crippen molar-refractivity contribution in [2.75, 3.05) is 51.3 Å². The maximum Gasteiger partial charge on any atom is 0.251 e. The van der Waals surface area contributed by atoms with Crippen molar-refractivity contribution in [2.45, 2.75) is 26.2 Å². The summed E-state index contributed by atoms with van der Waals surface area (Å²) in [7, 11) is 1.65. The molecule has 0 atom stereocenters. The number of hydrogen-bond acceptors (Lipinski definition) is 5. The number of rotatable bonds is 9. The minimum absolute atomic E-state index is 0.00385. The first kappa shape index (κ1) is 23.4. The lowest BCUT2D eigenvalue weighted by atomic mass is 10.2. The van der Waals surface area contributed by atoms with E-state index in [2.05, 4.69) is 17.1 Å². The molecule has 3 rings (SSSR count). The molecule has 2 amide bonds. The minimum atomic E-state index is -0.256. The van der Waals surface area contributed by atoms with E-state index in [1.54, 1.807) is 31.4 Å². The maximum absolute atomic E-state index is 12.7. The fourth-order valence-electron chi connectivity index (χ4n) is 3.62. The second kappa shape index (κ2) is 12.0. The zero-order chi connectivity index (χ0) is 22.8. The fourth-order valence-corrected chi connectivity index (χ4v) is 3.62. The van der Waals surface area contributed by atoms with E-state index in [4.69, 9.17) is 9.47 Å². The third kappa shape index (κ3) is 6.64. The van der Waals surface area contributed by atoms with Crippen LogP contribution in [0.25, 0.3) is 0 Å². The Morgan fingerprint density at radius 3 is 2.34 bits per heavy atom. The molecule has 1 N–H and O–H groups in total. The van der Waals surface area contributed by atoms with Crippen molar-refractivity contribution >= 4 is 17.5 Å². The number of nitrogens with one attached hydrogen (secondary N) is 1. The van der Waals surface area contributed by atoms with E-state index in [-0.39, 0.29) is 18.4 Å². The van der Waals surface area contributed by atoms with Crippen LogP contribution >= 0.6 is 0 Å². The summed E-state index contributed by atoms with van der Waals surface area (Å²) in [5, 5.41) is 2.75. The quantitative estimate of drug-likeness (QED) is 0.607. The van der Waals surface area contributed by atoms with E-state index in [1.807, 2.05) is 29.2 Å². The van der Waals surface area contributed by atoms with Gasteiger partial charge in [-0.25, -0.2) is 0 Å². The molecule has 0 spiro atoms. The van der Waals surface area contributed by atoms with Crippen molar-refractivity contribution < 1.29 is 19.1 Å². The highest BCUT2D eigenvalue weighted by Gasteiger charge is 2.20. The van der Waals surface area contributed by atoms with Gasteiger partial charge in [0, 0.05) is 37.4 Å². The van der Waals surface area contributed by atoms with Crippen molar-refractivity contribution in [3.63, 3.8) is 0 Å². The van der Waals surface area contributed by atoms with Gasteiger partial charge in [-0.15, -0.1) is 0 Å². The number of unbranched alkanes of at least 4 members (excludes halogenated alkanes) is 1. The average molecular weight is 440 g/mol. The number of carbonyl (C=O) groups excluding carboxylic acids is 2. The smallest absolute Gasteiger partial charge is 0.251 e. The van der Waals surface area contributed by atoms with Crippen LogP contribution in [-0.4, -0.2) is 63.2 Å². The lowest BCUT2D eigenvalue weighted by molar-refractivity contribution is -0.129. The number of nitrogens with zero attached hydrogens (tertiary/aromatic N) is 2. The Bertz CT molecular complexity index is 868. The SMILES string of the molecule is CCCCOc1ccc(C(=O)NCC(=O)N2CCCN(c3ccc(OC)cc3)CC2)cc1. The monoisotopic (exact) mass is 439 g/mol. The molecule has 7 heteroatoms. The molecule has 0 aromatic heterocycles. The van der Waals surface area contributed by atoms with Crippen LogP contribution in [0, 0.1) is 0 Å². The van der Waals surface area contributed by atoms with E-state index in [9.17, 15) is 9.59 Å². The maximum atomic E-state index is 12.7. The van der Waals surface area contributed by atoms with Crippen LogP contribution < -0.4 is 19.7 Å². The van der Waals surface area contributed by atoms with Crippen LogP contribution in [0.5, 0.6) is 11.5 Å². The Morgan fingerprint density at radius 2 is 1.66 bits per heavy atom. The summed E-state index contributed by atoms with van der Waals surface area (Å²) in [5.74, 6) is 1.26. The summed E-state index contributed by atoms with van der Waals surface area (Å²) in [6, 6.07) is 15.0. The molecule has 172 valence electrons. The predicted octanol–water partition coefficient (Wildman–Crippen LogP) is 3.34. The van der Waals surface area contributed by atoms with Gasteiger partial charge in [0.1, 0.15) is 11.5 Å². The van der Waals surface area contributed by atoms with Crippen molar-refractivity contribution in [2.24, 2.45) is 0 Å². The van der Waals surface area contributed by atoms with Crippen LogP contribution in [0.15, 0.2) is 48.5 Å². The van der Waals surface area contributed by atoms with Crippen LogP contribution in [0.4, 0.5) is 5.69 Å². The molecule has 0 unspecified atom stereocenters. The first-order valence-electron chi connectivity index (χ1n) is 11.3. The predicted molar refractivity (Wildman–Crippen MR) is 126 cm³/mol. The number of carbonyl (C=O) groups is 2. The van der Waals surface area contributed by atoms with Gasteiger partial charge in [0.25, 0.3) is 5.91 Å². The highest BCUT2D eigenvalue weighted by Crippen LogP contribution is 2.20. The number of anilines is 1.